The lowest BCUT2D eigenvalue weighted by Gasteiger charge is -2.13. The van der Waals surface area contributed by atoms with Crippen LogP contribution < -0.4 is 16.1 Å². The predicted octanol–water partition coefficient (Wildman–Crippen LogP) is 1.80. The summed E-state index contributed by atoms with van der Waals surface area (Å²) in [5.41, 5.74) is 3.16. The number of carbonyl (C=O) groups excluding carboxylic acids is 1. The number of amides is 1. The van der Waals surface area contributed by atoms with Crippen molar-refractivity contribution < 1.29 is 4.79 Å². The fraction of sp³-hybridized carbons (Fsp3) is 0.368. The lowest BCUT2D eigenvalue weighted by molar-refractivity contribution is 0.0948. The molecule has 0 radical (unpaired) electrons. The average Bonchev–Trinajstić information content (AvgIpc) is 3.09. The molecule has 3 aromatic rings. The van der Waals surface area contributed by atoms with E-state index >= 15 is 0 Å². The van der Waals surface area contributed by atoms with Crippen LogP contribution in [0, 0.1) is 6.92 Å². The van der Waals surface area contributed by atoms with Crippen molar-refractivity contribution in [3.8, 4) is 0 Å². The van der Waals surface area contributed by atoms with Crippen LogP contribution in [0.4, 0.5) is 0 Å². The number of aryl methyl sites for hydroxylation is 2. The molecule has 0 saturated heterocycles. The number of nitrogens with zero attached hydrogens (tertiary/aromatic N) is 4. The van der Waals surface area contributed by atoms with Gasteiger partial charge in [0, 0.05) is 31.5 Å². The molecule has 8 nitrogen and oxygen atoms in total. The van der Waals surface area contributed by atoms with Gasteiger partial charge < -0.3 is 15.2 Å². The van der Waals surface area contributed by atoms with E-state index in [-0.39, 0.29) is 42.4 Å². The van der Waals surface area contributed by atoms with Crippen molar-refractivity contribution in [2.75, 3.05) is 6.54 Å². The van der Waals surface area contributed by atoms with Crippen molar-refractivity contribution in [2.45, 2.75) is 40.0 Å². The number of aromatic nitrogens is 4. The Kier molecular flexibility index (Phi) is 7.40. The van der Waals surface area contributed by atoms with E-state index in [1.54, 1.807) is 18.3 Å². The average molecular weight is 439 g/mol. The standard InChI is InChI=1S/C19H22N6O2.2ClH/c1-3-24-11-16(17(26)15-5-4-12(2)22-18(15)24)19(27)21-9-13-8-14-10-20-6-7-25(14)23-13;;/h4-5,8,11,20H,3,6-7,9-10H2,1-2H3,(H,21,27);2*1H. The molecule has 4 heterocycles. The molecule has 2 N–H and O–H groups in total. The highest BCUT2D eigenvalue weighted by molar-refractivity contribution is 5.96. The normalized spacial score (nSPS) is 12.6. The fourth-order valence-electron chi connectivity index (χ4n) is 3.37. The first-order valence-corrected chi connectivity index (χ1v) is 9.12. The van der Waals surface area contributed by atoms with Crippen LogP contribution in [-0.4, -0.2) is 31.8 Å². The van der Waals surface area contributed by atoms with E-state index in [0.29, 0.717) is 17.6 Å². The molecule has 0 saturated carbocycles. The number of nitrogens with one attached hydrogen (secondary N) is 2. The van der Waals surface area contributed by atoms with Gasteiger partial charge in [0.1, 0.15) is 11.2 Å². The number of hydrogen-bond donors (Lipinski definition) is 2. The summed E-state index contributed by atoms with van der Waals surface area (Å²) in [5, 5.41) is 11.1. The first-order chi connectivity index (χ1) is 13.1. The van der Waals surface area contributed by atoms with Crippen LogP contribution in [0.5, 0.6) is 0 Å². The topological polar surface area (TPSA) is 93.8 Å². The van der Waals surface area contributed by atoms with Gasteiger partial charge in [0.25, 0.3) is 5.91 Å². The zero-order valence-corrected chi connectivity index (χ0v) is 17.9. The van der Waals surface area contributed by atoms with Crippen molar-refractivity contribution in [1.29, 1.82) is 0 Å². The van der Waals surface area contributed by atoms with E-state index in [2.05, 4.69) is 20.7 Å². The zero-order valence-electron chi connectivity index (χ0n) is 16.3. The summed E-state index contributed by atoms with van der Waals surface area (Å²) < 4.78 is 3.78. The van der Waals surface area contributed by atoms with Crippen LogP contribution in [0.1, 0.15) is 34.4 Å². The Balaban J connectivity index is 0.00000150. The minimum absolute atomic E-state index is 0. The summed E-state index contributed by atoms with van der Waals surface area (Å²) in [6, 6.07) is 5.50. The Morgan fingerprint density at radius 3 is 2.83 bits per heavy atom. The van der Waals surface area contributed by atoms with Gasteiger partial charge >= 0.3 is 0 Å². The molecule has 1 amide bonds. The van der Waals surface area contributed by atoms with Crippen LogP contribution >= 0.6 is 24.8 Å². The van der Waals surface area contributed by atoms with Gasteiger partial charge in [-0.3, -0.25) is 14.3 Å². The van der Waals surface area contributed by atoms with Crippen LogP contribution in [0.3, 0.4) is 0 Å². The maximum absolute atomic E-state index is 12.8. The molecule has 0 spiro atoms. The van der Waals surface area contributed by atoms with Crippen LogP contribution in [0.25, 0.3) is 11.0 Å². The molecule has 4 rings (SSSR count). The number of fused-ring (bicyclic) bond motifs is 2. The summed E-state index contributed by atoms with van der Waals surface area (Å²) in [6.07, 6.45) is 1.59. The minimum Gasteiger partial charge on any atom is -0.346 e. The van der Waals surface area contributed by atoms with Gasteiger partial charge in [-0.2, -0.15) is 5.10 Å². The quantitative estimate of drug-likeness (QED) is 0.647. The molecule has 0 fully saturated rings. The maximum atomic E-state index is 12.8. The molecule has 29 heavy (non-hydrogen) atoms. The van der Waals surface area contributed by atoms with Gasteiger partial charge in [0.05, 0.1) is 29.9 Å². The van der Waals surface area contributed by atoms with E-state index < -0.39 is 5.91 Å². The first-order valence-electron chi connectivity index (χ1n) is 9.12. The Bertz CT molecular complexity index is 1070. The second kappa shape index (κ2) is 9.39. The molecular weight excluding hydrogens is 415 g/mol. The highest BCUT2D eigenvalue weighted by Crippen LogP contribution is 2.12. The second-order valence-electron chi connectivity index (χ2n) is 6.69. The van der Waals surface area contributed by atoms with Gasteiger partial charge in [-0.05, 0) is 32.0 Å². The lowest BCUT2D eigenvalue weighted by Crippen LogP contribution is -2.30. The highest BCUT2D eigenvalue weighted by Gasteiger charge is 2.17. The van der Waals surface area contributed by atoms with Gasteiger partial charge in [0.15, 0.2) is 0 Å². The van der Waals surface area contributed by atoms with Crippen molar-refractivity contribution in [3.63, 3.8) is 0 Å². The van der Waals surface area contributed by atoms with E-state index in [9.17, 15) is 9.59 Å². The molecule has 156 valence electrons. The number of halogens is 2. The van der Waals surface area contributed by atoms with E-state index in [4.69, 9.17) is 0 Å². The van der Waals surface area contributed by atoms with Gasteiger partial charge in [0.2, 0.25) is 5.43 Å². The zero-order chi connectivity index (χ0) is 19.0. The molecule has 3 aromatic heterocycles. The SMILES string of the molecule is CCn1cc(C(=O)NCc2cc3n(n2)CCNC3)c(=O)c2ccc(C)nc21.Cl.Cl. The van der Waals surface area contributed by atoms with Crippen molar-refractivity contribution >= 4 is 41.8 Å². The van der Waals surface area contributed by atoms with Crippen LogP contribution in [-0.2, 0) is 26.2 Å². The Morgan fingerprint density at radius 2 is 2.10 bits per heavy atom. The van der Waals surface area contributed by atoms with E-state index in [1.165, 1.54) is 0 Å². The predicted molar refractivity (Wildman–Crippen MR) is 116 cm³/mol. The first kappa shape index (κ1) is 22.9. The molecule has 1 aliphatic heterocycles. The summed E-state index contributed by atoms with van der Waals surface area (Å²) in [6.45, 7) is 7.23. The van der Waals surface area contributed by atoms with Gasteiger partial charge in [-0.1, -0.05) is 0 Å². The Labute approximate surface area is 180 Å². The number of carbonyl (C=O) groups is 1. The van der Waals surface area contributed by atoms with E-state index in [1.807, 2.05) is 29.2 Å². The minimum atomic E-state index is -0.395. The number of rotatable bonds is 4. The summed E-state index contributed by atoms with van der Waals surface area (Å²) in [7, 11) is 0. The van der Waals surface area contributed by atoms with Gasteiger partial charge in [-0.25, -0.2) is 4.98 Å². The van der Waals surface area contributed by atoms with Crippen molar-refractivity contribution in [2.24, 2.45) is 0 Å². The lowest BCUT2D eigenvalue weighted by atomic mass is 10.1. The number of hydrogen-bond acceptors (Lipinski definition) is 5. The molecule has 0 bridgehead atoms. The summed E-state index contributed by atoms with van der Waals surface area (Å²) in [5.74, 6) is -0.395. The van der Waals surface area contributed by atoms with Crippen molar-refractivity contribution in [1.82, 2.24) is 30.0 Å². The second-order valence-corrected chi connectivity index (χ2v) is 6.69. The van der Waals surface area contributed by atoms with Gasteiger partial charge in [-0.15, -0.1) is 24.8 Å². The third-order valence-electron chi connectivity index (χ3n) is 4.80. The molecular formula is C19H24Cl2N6O2. The third kappa shape index (κ3) is 4.44. The fourth-order valence-corrected chi connectivity index (χ4v) is 3.37. The largest absolute Gasteiger partial charge is 0.346 e. The number of pyridine rings is 2. The molecule has 0 aromatic carbocycles. The highest BCUT2D eigenvalue weighted by atomic mass is 35.5. The summed E-state index contributed by atoms with van der Waals surface area (Å²) >= 11 is 0. The molecule has 10 heteroatoms. The van der Waals surface area contributed by atoms with Crippen LogP contribution in [0.15, 0.2) is 29.2 Å². The maximum Gasteiger partial charge on any atom is 0.257 e. The molecule has 0 aliphatic carbocycles. The summed E-state index contributed by atoms with van der Waals surface area (Å²) in [4.78, 5) is 29.9. The molecule has 1 aliphatic rings. The monoisotopic (exact) mass is 438 g/mol. The van der Waals surface area contributed by atoms with Crippen LogP contribution in [0.2, 0.25) is 0 Å². The van der Waals surface area contributed by atoms with E-state index in [0.717, 1.165) is 36.7 Å². The third-order valence-corrected chi connectivity index (χ3v) is 4.80. The smallest absolute Gasteiger partial charge is 0.257 e. The Hall–Kier alpha value is -2.42. The Morgan fingerprint density at radius 1 is 1.31 bits per heavy atom. The molecule has 0 atom stereocenters. The van der Waals surface area contributed by atoms with Crippen molar-refractivity contribution in [3.05, 3.63) is 57.3 Å². The molecule has 0 unspecified atom stereocenters.